The van der Waals surface area contributed by atoms with Crippen molar-refractivity contribution < 1.29 is 4.79 Å². The molecule has 2 aromatic carbocycles. The fourth-order valence-electron chi connectivity index (χ4n) is 2.08. The molecule has 3 heteroatoms. The molecule has 0 saturated carbocycles. The van der Waals surface area contributed by atoms with Crippen molar-refractivity contribution in [3.63, 3.8) is 0 Å². The summed E-state index contributed by atoms with van der Waals surface area (Å²) in [5, 5.41) is 3.01. The van der Waals surface area contributed by atoms with Crippen molar-refractivity contribution in [2.75, 3.05) is 12.3 Å². The molecule has 0 aliphatic heterocycles. The molecule has 0 aromatic heterocycles. The number of hydrogen-bond acceptors (Lipinski definition) is 2. The highest BCUT2D eigenvalue weighted by atomic mass is 32.2. The van der Waals surface area contributed by atoms with Gasteiger partial charge in [-0.1, -0.05) is 55.5 Å². The van der Waals surface area contributed by atoms with E-state index < -0.39 is 0 Å². The Morgan fingerprint density at radius 1 is 1.10 bits per heavy atom. The van der Waals surface area contributed by atoms with E-state index in [-0.39, 0.29) is 5.91 Å². The zero-order valence-electron chi connectivity index (χ0n) is 12.5. The highest BCUT2D eigenvalue weighted by Crippen LogP contribution is 2.21. The van der Waals surface area contributed by atoms with Crippen molar-refractivity contribution >= 4 is 17.7 Å². The van der Waals surface area contributed by atoms with Crippen LogP contribution in [0.25, 0.3) is 0 Å². The highest BCUT2D eigenvalue weighted by Gasteiger charge is 2.08. The van der Waals surface area contributed by atoms with Crippen LogP contribution in [0.4, 0.5) is 0 Å². The first-order valence-electron chi connectivity index (χ1n) is 7.17. The van der Waals surface area contributed by atoms with Crippen LogP contribution < -0.4 is 5.32 Å². The molecule has 1 N–H and O–H groups in total. The van der Waals surface area contributed by atoms with E-state index in [0.717, 1.165) is 0 Å². The lowest BCUT2D eigenvalue weighted by Crippen LogP contribution is -2.28. The summed E-state index contributed by atoms with van der Waals surface area (Å²) in [7, 11) is 0. The van der Waals surface area contributed by atoms with Gasteiger partial charge in [-0.05, 0) is 30.0 Å². The largest absolute Gasteiger partial charge is 0.355 e. The second-order valence-corrected chi connectivity index (χ2v) is 6.19. The lowest BCUT2D eigenvalue weighted by molar-refractivity contribution is -0.118. The third kappa shape index (κ3) is 4.94. The predicted octanol–water partition coefficient (Wildman–Crippen LogP) is 4.01. The fraction of sp³-hybridized carbons (Fsp3) is 0.278. The minimum Gasteiger partial charge on any atom is -0.355 e. The minimum absolute atomic E-state index is 0.0889. The number of rotatable bonds is 6. The van der Waals surface area contributed by atoms with Crippen molar-refractivity contribution in [1.82, 2.24) is 5.32 Å². The maximum atomic E-state index is 11.9. The average molecular weight is 299 g/mol. The summed E-state index contributed by atoms with van der Waals surface area (Å²) in [6.07, 6.45) is 0. The van der Waals surface area contributed by atoms with Gasteiger partial charge in [-0.3, -0.25) is 4.79 Å². The summed E-state index contributed by atoms with van der Waals surface area (Å²) < 4.78 is 0. The Bertz CT molecular complexity index is 583. The van der Waals surface area contributed by atoms with Gasteiger partial charge in [-0.2, -0.15) is 0 Å². The fourth-order valence-corrected chi connectivity index (χ4v) is 2.94. The smallest absolute Gasteiger partial charge is 0.230 e. The lowest BCUT2D eigenvalue weighted by Gasteiger charge is -2.13. The topological polar surface area (TPSA) is 29.1 Å². The van der Waals surface area contributed by atoms with Gasteiger partial charge in [0.1, 0.15) is 0 Å². The second kappa shape index (κ2) is 7.89. The van der Waals surface area contributed by atoms with Crippen LogP contribution in [-0.2, 0) is 4.79 Å². The molecule has 0 aliphatic carbocycles. The number of aryl methyl sites for hydroxylation is 1. The Morgan fingerprint density at radius 2 is 1.76 bits per heavy atom. The van der Waals surface area contributed by atoms with Gasteiger partial charge >= 0.3 is 0 Å². The predicted molar refractivity (Wildman–Crippen MR) is 89.8 cm³/mol. The lowest BCUT2D eigenvalue weighted by atomic mass is 10.0. The SMILES string of the molecule is Cc1ccccc1SCC(=O)NCC(C)c1ccccc1. The van der Waals surface area contributed by atoms with Crippen molar-refractivity contribution in [3.05, 3.63) is 65.7 Å². The Hall–Kier alpha value is -1.74. The molecule has 0 heterocycles. The van der Waals surface area contributed by atoms with E-state index in [9.17, 15) is 4.79 Å². The number of amides is 1. The van der Waals surface area contributed by atoms with Crippen molar-refractivity contribution in [2.45, 2.75) is 24.7 Å². The zero-order valence-corrected chi connectivity index (χ0v) is 13.3. The van der Waals surface area contributed by atoms with Crippen LogP contribution in [0.3, 0.4) is 0 Å². The Labute approximate surface area is 131 Å². The molecule has 2 aromatic rings. The molecule has 1 unspecified atom stereocenters. The first kappa shape index (κ1) is 15.6. The molecule has 0 aliphatic rings. The minimum atomic E-state index is 0.0889. The summed E-state index contributed by atoms with van der Waals surface area (Å²) >= 11 is 1.59. The first-order chi connectivity index (χ1) is 10.2. The molecule has 1 atom stereocenters. The van der Waals surface area contributed by atoms with Crippen molar-refractivity contribution in [2.24, 2.45) is 0 Å². The van der Waals surface area contributed by atoms with Gasteiger partial charge in [0.05, 0.1) is 5.75 Å². The maximum Gasteiger partial charge on any atom is 0.230 e. The number of benzene rings is 2. The van der Waals surface area contributed by atoms with Crippen LogP contribution in [0.2, 0.25) is 0 Å². The molecule has 0 radical (unpaired) electrons. The van der Waals surface area contributed by atoms with Gasteiger partial charge in [0.2, 0.25) is 5.91 Å². The van der Waals surface area contributed by atoms with Crippen LogP contribution in [0.5, 0.6) is 0 Å². The second-order valence-electron chi connectivity index (χ2n) is 5.17. The molecule has 2 nitrogen and oxygen atoms in total. The van der Waals surface area contributed by atoms with E-state index in [1.807, 2.05) is 30.3 Å². The molecule has 0 fully saturated rings. The van der Waals surface area contributed by atoms with E-state index in [4.69, 9.17) is 0 Å². The van der Waals surface area contributed by atoms with Crippen LogP contribution in [-0.4, -0.2) is 18.2 Å². The van der Waals surface area contributed by atoms with Gasteiger partial charge in [0.15, 0.2) is 0 Å². The Kier molecular flexibility index (Phi) is 5.88. The number of carbonyl (C=O) groups is 1. The molecule has 0 bridgehead atoms. The summed E-state index contributed by atoms with van der Waals surface area (Å²) in [4.78, 5) is 13.1. The van der Waals surface area contributed by atoms with E-state index in [0.29, 0.717) is 18.2 Å². The van der Waals surface area contributed by atoms with Crippen LogP contribution >= 0.6 is 11.8 Å². The normalized spacial score (nSPS) is 11.9. The third-order valence-corrected chi connectivity index (χ3v) is 4.60. The van der Waals surface area contributed by atoms with Gasteiger partial charge in [-0.25, -0.2) is 0 Å². The molecule has 110 valence electrons. The molecular weight excluding hydrogens is 278 g/mol. The molecular formula is C18H21NOS. The number of thioether (sulfide) groups is 1. The summed E-state index contributed by atoms with van der Waals surface area (Å²) in [6, 6.07) is 18.4. The quantitative estimate of drug-likeness (QED) is 0.817. The summed E-state index contributed by atoms with van der Waals surface area (Å²) in [5.41, 5.74) is 2.47. The monoisotopic (exact) mass is 299 g/mol. The Balaban J connectivity index is 1.76. The standard InChI is InChI=1S/C18H21NOS/c1-14-8-6-7-11-17(14)21-13-18(20)19-12-15(2)16-9-4-3-5-10-16/h3-11,15H,12-13H2,1-2H3,(H,19,20). The molecule has 0 saturated heterocycles. The highest BCUT2D eigenvalue weighted by molar-refractivity contribution is 8.00. The first-order valence-corrected chi connectivity index (χ1v) is 8.15. The average Bonchev–Trinajstić information content (AvgIpc) is 2.52. The van der Waals surface area contributed by atoms with Crippen LogP contribution in [0.15, 0.2) is 59.5 Å². The van der Waals surface area contributed by atoms with E-state index in [1.54, 1.807) is 11.8 Å². The number of hydrogen-bond donors (Lipinski definition) is 1. The van der Waals surface area contributed by atoms with Gasteiger partial charge < -0.3 is 5.32 Å². The van der Waals surface area contributed by atoms with Gasteiger partial charge in [0.25, 0.3) is 0 Å². The number of nitrogens with one attached hydrogen (secondary N) is 1. The molecule has 2 rings (SSSR count). The number of carbonyl (C=O) groups excluding carboxylic acids is 1. The zero-order chi connectivity index (χ0) is 15.1. The molecule has 21 heavy (non-hydrogen) atoms. The summed E-state index contributed by atoms with van der Waals surface area (Å²) in [6.45, 7) is 4.87. The van der Waals surface area contributed by atoms with Crippen LogP contribution in [0.1, 0.15) is 24.0 Å². The van der Waals surface area contributed by atoms with Crippen molar-refractivity contribution in [3.8, 4) is 0 Å². The molecule has 1 amide bonds. The maximum absolute atomic E-state index is 11.9. The van der Waals surface area contributed by atoms with Crippen LogP contribution in [0, 0.1) is 6.92 Å². The van der Waals surface area contributed by atoms with E-state index >= 15 is 0 Å². The third-order valence-electron chi connectivity index (χ3n) is 3.43. The van der Waals surface area contributed by atoms with E-state index in [1.165, 1.54) is 16.0 Å². The van der Waals surface area contributed by atoms with E-state index in [2.05, 4.69) is 43.4 Å². The van der Waals surface area contributed by atoms with Gasteiger partial charge in [-0.15, -0.1) is 11.8 Å². The molecule has 0 spiro atoms. The van der Waals surface area contributed by atoms with Gasteiger partial charge in [0, 0.05) is 11.4 Å². The Morgan fingerprint density at radius 3 is 2.48 bits per heavy atom. The van der Waals surface area contributed by atoms with Crippen molar-refractivity contribution in [1.29, 1.82) is 0 Å². The summed E-state index contributed by atoms with van der Waals surface area (Å²) in [5.74, 6) is 0.886.